The van der Waals surface area contributed by atoms with Crippen LogP contribution in [-0.2, 0) is 4.74 Å². The maximum atomic E-state index is 5.68. The van der Waals surface area contributed by atoms with Crippen LogP contribution in [0.1, 0.15) is 39.5 Å². The number of likely N-dealkylation sites (tertiary alicyclic amines) is 1. The summed E-state index contributed by atoms with van der Waals surface area (Å²) in [6.07, 6.45) is 5.34. The van der Waals surface area contributed by atoms with Crippen LogP contribution in [-0.4, -0.2) is 50.3 Å². The van der Waals surface area contributed by atoms with Crippen LogP contribution < -0.4 is 5.32 Å². The van der Waals surface area contributed by atoms with Gasteiger partial charge in [0.05, 0.1) is 6.61 Å². The van der Waals surface area contributed by atoms with Crippen molar-refractivity contribution in [2.75, 3.05) is 39.4 Å². The van der Waals surface area contributed by atoms with E-state index in [2.05, 4.69) is 24.1 Å². The smallest absolute Gasteiger partial charge is 0.0521 e. The molecule has 0 spiro atoms. The minimum Gasteiger partial charge on any atom is -0.381 e. The molecule has 3 heteroatoms. The van der Waals surface area contributed by atoms with E-state index in [4.69, 9.17) is 4.74 Å². The Balaban J connectivity index is 1.77. The molecule has 18 heavy (non-hydrogen) atoms. The van der Waals surface area contributed by atoms with Gasteiger partial charge < -0.3 is 15.0 Å². The normalized spacial score (nSPS) is 34.0. The molecule has 2 aliphatic rings. The fraction of sp³-hybridized carbons (Fsp3) is 1.00. The molecular weight excluding hydrogens is 224 g/mol. The summed E-state index contributed by atoms with van der Waals surface area (Å²) in [5.74, 6) is 1.65. The second-order valence-electron chi connectivity index (χ2n) is 5.99. The van der Waals surface area contributed by atoms with Crippen molar-refractivity contribution in [3.63, 3.8) is 0 Å². The molecule has 0 bridgehead atoms. The molecule has 2 aliphatic heterocycles. The molecule has 2 fully saturated rings. The average molecular weight is 254 g/mol. The average Bonchev–Trinajstić information content (AvgIpc) is 2.80. The van der Waals surface area contributed by atoms with Crippen molar-refractivity contribution >= 4 is 0 Å². The third-order valence-corrected chi connectivity index (χ3v) is 4.50. The predicted molar refractivity (Wildman–Crippen MR) is 75.8 cm³/mol. The van der Waals surface area contributed by atoms with Crippen molar-refractivity contribution in [2.24, 2.45) is 11.8 Å². The first-order valence-corrected chi connectivity index (χ1v) is 7.87. The van der Waals surface area contributed by atoms with Gasteiger partial charge in [-0.2, -0.15) is 0 Å². The lowest BCUT2D eigenvalue weighted by Gasteiger charge is -2.34. The molecule has 2 heterocycles. The molecule has 2 rings (SSSR count). The molecule has 106 valence electrons. The van der Waals surface area contributed by atoms with E-state index in [0.29, 0.717) is 12.0 Å². The molecule has 0 aromatic rings. The highest BCUT2D eigenvalue weighted by Gasteiger charge is 2.29. The van der Waals surface area contributed by atoms with Crippen LogP contribution in [0.4, 0.5) is 0 Å². The van der Waals surface area contributed by atoms with E-state index in [1.807, 2.05) is 0 Å². The third kappa shape index (κ3) is 3.94. The molecule has 3 atom stereocenters. The molecule has 3 unspecified atom stereocenters. The molecule has 3 nitrogen and oxygen atoms in total. The number of hydrogen-bond donors (Lipinski definition) is 1. The lowest BCUT2D eigenvalue weighted by Crippen LogP contribution is -2.47. The van der Waals surface area contributed by atoms with Crippen molar-refractivity contribution in [3.05, 3.63) is 0 Å². The van der Waals surface area contributed by atoms with E-state index in [0.717, 1.165) is 25.7 Å². The zero-order valence-electron chi connectivity index (χ0n) is 12.2. The first kappa shape index (κ1) is 14.3. The SMILES string of the molecule is CCCC1CCN(CC2COCCC2NCC)C1. The van der Waals surface area contributed by atoms with E-state index in [1.165, 1.54) is 45.3 Å². The van der Waals surface area contributed by atoms with Crippen molar-refractivity contribution < 1.29 is 4.74 Å². The first-order chi connectivity index (χ1) is 8.83. The molecule has 0 amide bonds. The summed E-state index contributed by atoms with van der Waals surface area (Å²) in [5.41, 5.74) is 0. The van der Waals surface area contributed by atoms with Gasteiger partial charge in [0.2, 0.25) is 0 Å². The molecule has 2 saturated heterocycles. The quantitative estimate of drug-likeness (QED) is 0.786. The third-order valence-electron chi connectivity index (χ3n) is 4.50. The molecule has 0 radical (unpaired) electrons. The van der Waals surface area contributed by atoms with Crippen molar-refractivity contribution in [1.82, 2.24) is 10.2 Å². The summed E-state index contributed by atoms with van der Waals surface area (Å²) in [4.78, 5) is 2.67. The van der Waals surface area contributed by atoms with E-state index in [9.17, 15) is 0 Å². The Kier molecular flexibility index (Phi) is 5.93. The van der Waals surface area contributed by atoms with Gasteiger partial charge >= 0.3 is 0 Å². The Hall–Kier alpha value is -0.120. The monoisotopic (exact) mass is 254 g/mol. The summed E-state index contributed by atoms with van der Waals surface area (Å²) in [6, 6.07) is 0.675. The Morgan fingerprint density at radius 1 is 1.28 bits per heavy atom. The van der Waals surface area contributed by atoms with Crippen LogP contribution in [0, 0.1) is 11.8 Å². The topological polar surface area (TPSA) is 24.5 Å². The first-order valence-electron chi connectivity index (χ1n) is 7.87. The predicted octanol–water partition coefficient (Wildman–Crippen LogP) is 2.12. The molecule has 1 N–H and O–H groups in total. The molecule has 0 aromatic heterocycles. The van der Waals surface area contributed by atoms with Crippen molar-refractivity contribution in [2.45, 2.75) is 45.6 Å². The van der Waals surface area contributed by atoms with Gasteiger partial charge in [-0.25, -0.2) is 0 Å². The van der Waals surface area contributed by atoms with Gasteiger partial charge in [-0.05, 0) is 38.3 Å². The number of nitrogens with zero attached hydrogens (tertiary/aromatic N) is 1. The molecular formula is C15H30N2O. The number of nitrogens with one attached hydrogen (secondary N) is 1. The van der Waals surface area contributed by atoms with Gasteiger partial charge in [0.1, 0.15) is 0 Å². The summed E-state index contributed by atoms with van der Waals surface area (Å²) >= 11 is 0. The van der Waals surface area contributed by atoms with E-state index in [-0.39, 0.29) is 0 Å². The van der Waals surface area contributed by atoms with E-state index >= 15 is 0 Å². The van der Waals surface area contributed by atoms with Gasteiger partial charge in [0, 0.05) is 31.7 Å². The number of hydrogen-bond acceptors (Lipinski definition) is 3. The van der Waals surface area contributed by atoms with Crippen LogP contribution in [0.3, 0.4) is 0 Å². The van der Waals surface area contributed by atoms with Gasteiger partial charge in [-0.3, -0.25) is 0 Å². The zero-order chi connectivity index (χ0) is 12.8. The summed E-state index contributed by atoms with van der Waals surface area (Å²) in [5, 5.41) is 3.64. The lowest BCUT2D eigenvalue weighted by molar-refractivity contribution is 0.0194. The van der Waals surface area contributed by atoms with Gasteiger partial charge in [-0.1, -0.05) is 20.3 Å². The number of rotatable bonds is 6. The second kappa shape index (κ2) is 7.46. The Bertz CT molecular complexity index is 233. The van der Waals surface area contributed by atoms with Crippen molar-refractivity contribution in [3.8, 4) is 0 Å². The van der Waals surface area contributed by atoms with E-state index in [1.54, 1.807) is 0 Å². The summed E-state index contributed by atoms with van der Waals surface area (Å²) in [7, 11) is 0. The molecule has 0 aromatic carbocycles. The standard InChI is InChI=1S/C15H30N2O/c1-3-5-13-6-8-17(10-13)11-14-12-18-9-7-15(14)16-4-2/h13-16H,3-12H2,1-2H3. The largest absolute Gasteiger partial charge is 0.381 e. The fourth-order valence-corrected chi connectivity index (χ4v) is 3.56. The molecule has 0 saturated carbocycles. The highest BCUT2D eigenvalue weighted by atomic mass is 16.5. The second-order valence-corrected chi connectivity index (χ2v) is 5.99. The Morgan fingerprint density at radius 2 is 2.17 bits per heavy atom. The van der Waals surface area contributed by atoms with E-state index < -0.39 is 0 Å². The van der Waals surface area contributed by atoms with Gasteiger partial charge in [0.15, 0.2) is 0 Å². The summed E-state index contributed by atoms with van der Waals surface area (Å²) in [6.45, 7) is 11.3. The van der Waals surface area contributed by atoms with Crippen LogP contribution in [0.25, 0.3) is 0 Å². The van der Waals surface area contributed by atoms with Crippen molar-refractivity contribution in [1.29, 1.82) is 0 Å². The minimum absolute atomic E-state index is 0.675. The molecule has 0 aliphatic carbocycles. The van der Waals surface area contributed by atoms with Crippen LogP contribution in [0.15, 0.2) is 0 Å². The van der Waals surface area contributed by atoms with Crippen LogP contribution >= 0.6 is 0 Å². The summed E-state index contributed by atoms with van der Waals surface area (Å²) < 4.78 is 5.68. The highest BCUT2D eigenvalue weighted by Crippen LogP contribution is 2.24. The van der Waals surface area contributed by atoms with Gasteiger partial charge in [0.25, 0.3) is 0 Å². The Labute approximate surface area is 112 Å². The fourth-order valence-electron chi connectivity index (χ4n) is 3.56. The maximum Gasteiger partial charge on any atom is 0.0521 e. The van der Waals surface area contributed by atoms with Crippen LogP contribution in [0.5, 0.6) is 0 Å². The lowest BCUT2D eigenvalue weighted by atomic mass is 9.95. The number of ether oxygens (including phenoxy) is 1. The highest BCUT2D eigenvalue weighted by molar-refractivity contribution is 4.84. The minimum atomic E-state index is 0.675. The Morgan fingerprint density at radius 3 is 2.94 bits per heavy atom. The zero-order valence-corrected chi connectivity index (χ0v) is 12.2. The van der Waals surface area contributed by atoms with Gasteiger partial charge in [-0.15, -0.1) is 0 Å². The maximum absolute atomic E-state index is 5.68. The van der Waals surface area contributed by atoms with Crippen LogP contribution in [0.2, 0.25) is 0 Å².